The number of rotatable bonds is 6. The van der Waals surface area contributed by atoms with Gasteiger partial charge in [0.05, 0.1) is 20.9 Å². The van der Waals surface area contributed by atoms with E-state index in [0.717, 1.165) is 12.1 Å². The molecule has 1 heterocycles. The Bertz CT molecular complexity index is 799. The van der Waals surface area contributed by atoms with Gasteiger partial charge in [-0.1, -0.05) is 13.8 Å². The second kappa shape index (κ2) is 6.42. The van der Waals surface area contributed by atoms with Gasteiger partial charge < -0.3 is 0 Å². The maximum Gasteiger partial charge on any atom is 0.348 e. The predicted octanol–water partition coefficient (Wildman–Crippen LogP) is 3.56. The van der Waals surface area contributed by atoms with E-state index < -0.39 is 21.2 Å². The molecule has 2 rings (SSSR count). The third-order valence-electron chi connectivity index (χ3n) is 4.46. The lowest BCUT2D eigenvalue weighted by atomic mass is 10.2. The van der Waals surface area contributed by atoms with Crippen LogP contribution in [-0.2, 0) is 0 Å². The molecule has 0 fully saturated rings. The molecule has 1 aromatic heterocycles. The summed E-state index contributed by atoms with van der Waals surface area (Å²) in [7, 11) is 0. The van der Waals surface area contributed by atoms with Crippen LogP contribution in [0.2, 0.25) is 0 Å². The SMILES string of the molecule is CC[C@@H](C)n1c(=O)n([C@@H](C)CC)c2cc([N+](=O)[O-])c([N+](=O)[O-])cc21. The molecule has 24 heavy (non-hydrogen) atoms. The number of nitrogens with zero attached hydrogens (tertiary/aromatic N) is 4. The van der Waals surface area contributed by atoms with Crippen LogP contribution in [0.1, 0.15) is 52.6 Å². The zero-order chi connectivity index (χ0) is 18.2. The van der Waals surface area contributed by atoms with Crippen molar-refractivity contribution >= 4 is 22.4 Å². The molecule has 0 saturated carbocycles. The molecule has 0 aliphatic heterocycles. The molecule has 9 nitrogen and oxygen atoms in total. The minimum Gasteiger partial charge on any atom is -0.289 e. The molecule has 130 valence electrons. The van der Waals surface area contributed by atoms with E-state index >= 15 is 0 Å². The molecule has 0 aliphatic rings. The molecule has 0 bridgehead atoms. The van der Waals surface area contributed by atoms with Crippen molar-refractivity contribution in [2.75, 3.05) is 0 Å². The van der Waals surface area contributed by atoms with Crippen molar-refractivity contribution in [1.29, 1.82) is 0 Å². The van der Waals surface area contributed by atoms with Crippen LogP contribution >= 0.6 is 0 Å². The van der Waals surface area contributed by atoms with Gasteiger partial charge in [-0.2, -0.15) is 0 Å². The number of nitro benzene ring substituents is 2. The first-order valence-electron chi connectivity index (χ1n) is 7.83. The number of nitro groups is 2. The van der Waals surface area contributed by atoms with Gasteiger partial charge in [0.25, 0.3) is 0 Å². The summed E-state index contributed by atoms with van der Waals surface area (Å²) >= 11 is 0. The topological polar surface area (TPSA) is 113 Å². The molecule has 9 heteroatoms. The maximum absolute atomic E-state index is 12.8. The van der Waals surface area contributed by atoms with E-state index in [1.807, 2.05) is 27.7 Å². The lowest BCUT2D eigenvalue weighted by molar-refractivity contribution is -0.422. The van der Waals surface area contributed by atoms with E-state index in [-0.39, 0.29) is 17.8 Å². The summed E-state index contributed by atoms with van der Waals surface area (Å²) < 4.78 is 2.97. The lowest BCUT2D eigenvalue weighted by Crippen LogP contribution is -2.28. The summed E-state index contributed by atoms with van der Waals surface area (Å²) in [6.45, 7) is 7.50. The molecular weight excluding hydrogens is 316 g/mol. The lowest BCUT2D eigenvalue weighted by Gasteiger charge is -2.11. The van der Waals surface area contributed by atoms with Crippen LogP contribution < -0.4 is 5.69 Å². The van der Waals surface area contributed by atoms with Crippen molar-refractivity contribution in [3.8, 4) is 0 Å². The summed E-state index contributed by atoms with van der Waals surface area (Å²) in [5, 5.41) is 22.4. The normalized spacial score (nSPS) is 13.8. The second-order valence-electron chi connectivity index (χ2n) is 5.88. The summed E-state index contributed by atoms with van der Waals surface area (Å²) in [5.41, 5.74) is -0.806. The molecule has 1 aromatic carbocycles. The van der Waals surface area contributed by atoms with Crippen molar-refractivity contribution in [1.82, 2.24) is 9.13 Å². The van der Waals surface area contributed by atoms with Crippen molar-refractivity contribution in [2.45, 2.75) is 52.6 Å². The van der Waals surface area contributed by atoms with Crippen LogP contribution in [-0.4, -0.2) is 19.0 Å². The van der Waals surface area contributed by atoms with Crippen LogP contribution in [0, 0.1) is 20.2 Å². The van der Waals surface area contributed by atoms with Gasteiger partial charge in [0.1, 0.15) is 0 Å². The van der Waals surface area contributed by atoms with Crippen LogP contribution in [0.25, 0.3) is 11.0 Å². The maximum atomic E-state index is 12.8. The third-order valence-corrected chi connectivity index (χ3v) is 4.46. The standard InChI is InChI=1S/C15H20N4O5/c1-5-9(3)16-11-7-13(18(21)22)14(19(23)24)8-12(11)17(15(16)20)10(4)6-2/h7-10H,5-6H2,1-4H3/t9-,10+. The van der Waals surface area contributed by atoms with Gasteiger partial charge in [-0.25, -0.2) is 4.79 Å². The highest BCUT2D eigenvalue weighted by Gasteiger charge is 2.30. The molecule has 0 radical (unpaired) electrons. The highest BCUT2D eigenvalue weighted by molar-refractivity contribution is 5.84. The average molecular weight is 336 g/mol. The van der Waals surface area contributed by atoms with Gasteiger partial charge in [0.15, 0.2) is 0 Å². The number of hydrogen-bond acceptors (Lipinski definition) is 5. The zero-order valence-electron chi connectivity index (χ0n) is 14.1. The Balaban J connectivity index is 3.00. The first-order valence-corrected chi connectivity index (χ1v) is 7.83. The van der Waals surface area contributed by atoms with Crippen molar-refractivity contribution in [2.24, 2.45) is 0 Å². The number of imidazole rings is 1. The summed E-state index contributed by atoms with van der Waals surface area (Å²) in [4.78, 5) is 33.7. The Labute approximate surface area is 137 Å². The van der Waals surface area contributed by atoms with Crippen LogP contribution in [0.5, 0.6) is 0 Å². The Morgan fingerprint density at radius 3 is 1.50 bits per heavy atom. The summed E-state index contributed by atoms with van der Waals surface area (Å²) in [6, 6.07) is 1.93. The van der Waals surface area contributed by atoms with E-state index in [9.17, 15) is 25.0 Å². The smallest absolute Gasteiger partial charge is 0.289 e. The number of benzene rings is 1. The average Bonchev–Trinajstić information content (AvgIpc) is 2.83. The molecule has 0 spiro atoms. The Morgan fingerprint density at radius 1 is 0.917 bits per heavy atom. The summed E-state index contributed by atoms with van der Waals surface area (Å²) in [6.07, 6.45) is 1.31. The molecule has 0 saturated heterocycles. The minimum atomic E-state index is -0.788. The Kier molecular flexibility index (Phi) is 4.72. The molecule has 0 amide bonds. The monoisotopic (exact) mass is 336 g/mol. The molecule has 2 atom stereocenters. The Hall–Kier alpha value is -2.71. The molecule has 0 N–H and O–H groups in total. The molecule has 2 aromatic rings. The van der Waals surface area contributed by atoms with Crippen molar-refractivity contribution in [3.05, 3.63) is 42.8 Å². The van der Waals surface area contributed by atoms with Gasteiger partial charge in [-0.05, 0) is 26.7 Å². The van der Waals surface area contributed by atoms with Gasteiger partial charge in [0.2, 0.25) is 0 Å². The number of aromatic nitrogens is 2. The van der Waals surface area contributed by atoms with E-state index in [1.54, 1.807) is 0 Å². The Morgan fingerprint density at radius 2 is 1.25 bits per heavy atom. The fraction of sp³-hybridized carbons (Fsp3) is 0.533. The summed E-state index contributed by atoms with van der Waals surface area (Å²) in [5.74, 6) is 0. The van der Waals surface area contributed by atoms with E-state index in [0.29, 0.717) is 23.9 Å². The molecule has 0 unspecified atom stereocenters. The minimum absolute atomic E-state index is 0.175. The van der Waals surface area contributed by atoms with Gasteiger partial charge >= 0.3 is 17.1 Å². The highest BCUT2D eigenvalue weighted by Crippen LogP contribution is 2.34. The van der Waals surface area contributed by atoms with Crippen molar-refractivity contribution in [3.63, 3.8) is 0 Å². The fourth-order valence-corrected chi connectivity index (χ4v) is 2.77. The van der Waals surface area contributed by atoms with E-state index in [2.05, 4.69) is 0 Å². The van der Waals surface area contributed by atoms with Gasteiger partial charge in [0, 0.05) is 24.2 Å². The largest absolute Gasteiger partial charge is 0.348 e. The van der Waals surface area contributed by atoms with Crippen LogP contribution in [0.4, 0.5) is 11.4 Å². The van der Waals surface area contributed by atoms with Gasteiger partial charge in [-0.3, -0.25) is 29.4 Å². The second-order valence-corrected chi connectivity index (χ2v) is 5.88. The first-order chi connectivity index (χ1) is 11.2. The zero-order valence-corrected chi connectivity index (χ0v) is 14.1. The van der Waals surface area contributed by atoms with Crippen molar-refractivity contribution < 1.29 is 9.85 Å². The first kappa shape index (κ1) is 17.6. The van der Waals surface area contributed by atoms with E-state index in [1.165, 1.54) is 9.13 Å². The van der Waals surface area contributed by atoms with Gasteiger partial charge in [-0.15, -0.1) is 0 Å². The quantitative estimate of drug-likeness (QED) is 0.591. The fourth-order valence-electron chi connectivity index (χ4n) is 2.77. The predicted molar refractivity (Wildman–Crippen MR) is 89.5 cm³/mol. The number of hydrogen-bond donors (Lipinski definition) is 0. The van der Waals surface area contributed by atoms with Crippen LogP contribution in [0.15, 0.2) is 16.9 Å². The third kappa shape index (κ3) is 2.66. The highest BCUT2D eigenvalue weighted by atomic mass is 16.6. The molecule has 0 aliphatic carbocycles. The number of fused-ring (bicyclic) bond motifs is 1. The molecular formula is C15H20N4O5. The van der Waals surface area contributed by atoms with Crippen LogP contribution in [0.3, 0.4) is 0 Å². The van der Waals surface area contributed by atoms with E-state index in [4.69, 9.17) is 0 Å².